The summed E-state index contributed by atoms with van der Waals surface area (Å²) in [7, 11) is 0. The van der Waals surface area contributed by atoms with Gasteiger partial charge in [0, 0.05) is 5.39 Å². The molecule has 0 bridgehead atoms. The Morgan fingerprint density at radius 3 is 2.38 bits per heavy atom. The molecule has 0 radical (unpaired) electrons. The maximum absolute atomic E-state index is 6.43. The fourth-order valence-electron chi connectivity index (χ4n) is 2.66. The fraction of sp³-hybridized carbons (Fsp3) is 0.211. The van der Waals surface area contributed by atoms with Gasteiger partial charge in [-0.1, -0.05) is 36.4 Å². The second-order valence-electron chi connectivity index (χ2n) is 5.70. The Hall–Kier alpha value is -2.19. The van der Waals surface area contributed by atoms with E-state index in [1.807, 2.05) is 18.2 Å². The zero-order valence-electron chi connectivity index (χ0n) is 12.7. The van der Waals surface area contributed by atoms with E-state index in [9.17, 15) is 0 Å². The second-order valence-corrected chi connectivity index (χ2v) is 5.70. The maximum Gasteiger partial charge on any atom is 0.0726 e. The van der Waals surface area contributed by atoms with E-state index in [-0.39, 0.29) is 6.04 Å². The lowest BCUT2D eigenvalue weighted by Gasteiger charge is -2.15. The van der Waals surface area contributed by atoms with Crippen LogP contribution in [0.15, 0.2) is 48.5 Å². The summed E-state index contributed by atoms with van der Waals surface area (Å²) < 4.78 is 0. The van der Waals surface area contributed by atoms with Crippen molar-refractivity contribution in [3.63, 3.8) is 0 Å². The van der Waals surface area contributed by atoms with E-state index >= 15 is 0 Å². The molecule has 0 spiro atoms. The normalized spacial score (nSPS) is 12.6. The van der Waals surface area contributed by atoms with Crippen LogP contribution >= 0.6 is 0 Å². The van der Waals surface area contributed by atoms with E-state index in [1.54, 1.807) is 0 Å². The van der Waals surface area contributed by atoms with Crippen LogP contribution in [-0.4, -0.2) is 4.98 Å². The van der Waals surface area contributed by atoms with Crippen molar-refractivity contribution in [2.75, 3.05) is 0 Å². The third-order valence-electron chi connectivity index (χ3n) is 4.15. The molecular formula is C19H20N2. The van der Waals surface area contributed by atoms with Crippen LogP contribution in [0.5, 0.6) is 0 Å². The molecule has 0 amide bonds. The summed E-state index contributed by atoms with van der Waals surface area (Å²) in [6.07, 6.45) is 0. The lowest BCUT2D eigenvalue weighted by molar-refractivity contribution is 0.832. The monoisotopic (exact) mass is 276 g/mol. The molecule has 0 fully saturated rings. The van der Waals surface area contributed by atoms with Crippen LogP contribution in [-0.2, 0) is 0 Å². The zero-order chi connectivity index (χ0) is 15.0. The van der Waals surface area contributed by atoms with Crippen molar-refractivity contribution in [2.45, 2.75) is 26.8 Å². The third kappa shape index (κ3) is 2.55. The van der Waals surface area contributed by atoms with Gasteiger partial charge in [0.25, 0.3) is 0 Å². The van der Waals surface area contributed by atoms with Crippen molar-refractivity contribution < 1.29 is 0 Å². The molecule has 1 atom stereocenters. The average Bonchev–Trinajstić information content (AvgIpc) is 2.49. The van der Waals surface area contributed by atoms with Gasteiger partial charge >= 0.3 is 0 Å². The molecule has 106 valence electrons. The topological polar surface area (TPSA) is 38.9 Å². The first-order valence-corrected chi connectivity index (χ1v) is 7.25. The molecule has 0 saturated carbocycles. The molecule has 0 aliphatic rings. The summed E-state index contributed by atoms with van der Waals surface area (Å²) in [6.45, 7) is 6.34. The van der Waals surface area contributed by atoms with Crippen LogP contribution in [0.3, 0.4) is 0 Å². The molecule has 0 aliphatic heterocycles. The molecule has 3 aromatic rings. The minimum Gasteiger partial charge on any atom is -0.319 e. The molecule has 21 heavy (non-hydrogen) atoms. The highest BCUT2D eigenvalue weighted by Crippen LogP contribution is 2.24. The van der Waals surface area contributed by atoms with Crippen molar-refractivity contribution in [1.82, 2.24) is 4.98 Å². The van der Waals surface area contributed by atoms with Gasteiger partial charge in [0.2, 0.25) is 0 Å². The molecule has 1 heterocycles. The van der Waals surface area contributed by atoms with Crippen molar-refractivity contribution in [3.05, 3.63) is 76.5 Å². The number of benzene rings is 2. The molecule has 1 unspecified atom stereocenters. The maximum atomic E-state index is 6.43. The summed E-state index contributed by atoms with van der Waals surface area (Å²) in [5.41, 5.74) is 13.2. The van der Waals surface area contributed by atoms with Gasteiger partial charge in [-0.15, -0.1) is 0 Å². The lowest BCUT2D eigenvalue weighted by Crippen LogP contribution is -2.14. The van der Waals surface area contributed by atoms with E-state index in [4.69, 9.17) is 10.7 Å². The Kier molecular flexibility index (Phi) is 3.48. The molecule has 0 saturated heterocycles. The van der Waals surface area contributed by atoms with E-state index in [0.717, 1.165) is 16.8 Å². The minimum absolute atomic E-state index is 0.187. The van der Waals surface area contributed by atoms with Crippen LogP contribution in [0.1, 0.15) is 34.0 Å². The third-order valence-corrected chi connectivity index (χ3v) is 4.15. The predicted octanol–water partition coefficient (Wildman–Crippen LogP) is 4.21. The van der Waals surface area contributed by atoms with Gasteiger partial charge in [-0.05, 0) is 55.2 Å². The van der Waals surface area contributed by atoms with E-state index in [1.165, 1.54) is 22.1 Å². The number of nitrogens with two attached hydrogens (primary N) is 1. The highest BCUT2D eigenvalue weighted by molar-refractivity contribution is 5.82. The van der Waals surface area contributed by atoms with Gasteiger partial charge in [0.15, 0.2) is 0 Å². The predicted molar refractivity (Wildman–Crippen MR) is 88.4 cm³/mol. The summed E-state index contributed by atoms with van der Waals surface area (Å²) in [5.74, 6) is 0. The number of aryl methyl sites for hydroxylation is 3. The Morgan fingerprint density at radius 2 is 1.62 bits per heavy atom. The number of hydrogen-bond donors (Lipinski definition) is 1. The number of fused-ring (bicyclic) bond motifs is 1. The van der Waals surface area contributed by atoms with Crippen LogP contribution in [0.25, 0.3) is 10.9 Å². The SMILES string of the molecule is Cc1ccc(C(N)c2cc(C)c3ccccc3n2)cc1C. The van der Waals surface area contributed by atoms with Gasteiger partial charge in [-0.3, -0.25) is 4.98 Å². The Balaban J connectivity index is 2.08. The van der Waals surface area contributed by atoms with Crippen molar-refractivity contribution in [2.24, 2.45) is 5.73 Å². The first-order chi connectivity index (χ1) is 10.1. The molecule has 2 nitrogen and oxygen atoms in total. The standard InChI is InChI=1S/C19H20N2/c1-12-8-9-15(10-13(12)2)19(20)18-11-14(3)16-6-4-5-7-17(16)21-18/h4-11,19H,20H2,1-3H3. The quantitative estimate of drug-likeness (QED) is 0.761. The lowest BCUT2D eigenvalue weighted by atomic mass is 9.98. The summed E-state index contributed by atoms with van der Waals surface area (Å²) in [5, 5.41) is 1.19. The summed E-state index contributed by atoms with van der Waals surface area (Å²) >= 11 is 0. The van der Waals surface area contributed by atoms with Crippen molar-refractivity contribution in [3.8, 4) is 0 Å². The van der Waals surface area contributed by atoms with Gasteiger partial charge in [0.05, 0.1) is 17.3 Å². The van der Waals surface area contributed by atoms with Gasteiger partial charge in [-0.25, -0.2) is 0 Å². The Bertz CT molecular complexity index is 806. The number of aromatic nitrogens is 1. The van der Waals surface area contributed by atoms with Crippen LogP contribution in [0, 0.1) is 20.8 Å². The number of rotatable bonds is 2. The van der Waals surface area contributed by atoms with Gasteiger partial charge in [-0.2, -0.15) is 0 Å². The highest BCUT2D eigenvalue weighted by Gasteiger charge is 2.13. The Morgan fingerprint density at radius 1 is 0.857 bits per heavy atom. The molecular weight excluding hydrogens is 256 g/mol. The molecule has 0 aliphatic carbocycles. The van der Waals surface area contributed by atoms with Crippen molar-refractivity contribution >= 4 is 10.9 Å². The smallest absolute Gasteiger partial charge is 0.0726 e. The zero-order valence-corrected chi connectivity index (χ0v) is 12.7. The average molecular weight is 276 g/mol. The Labute approximate surface area is 125 Å². The number of hydrogen-bond acceptors (Lipinski definition) is 2. The van der Waals surface area contributed by atoms with Crippen LogP contribution in [0.4, 0.5) is 0 Å². The summed E-state index contributed by atoms with van der Waals surface area (Å²) in [4.78, 5) is 4.74. The molecule has 1 aromatic heterocycles. The first-order valence-electron chi connectivity index (χ1n) is 7.25. The van der Waals surface area contributed by atoms with Crippen molar-refractivity contribution in [1.29, 1.82) is 0 Å². The number of pyridine rings is 1. The first kappa shape index (κ1) is 13.8. The molecule has 2 aromatic carbocycles. The number of nitrogens with zero attached hydrogens (tertiary/aromatic N) is 1. The van der Waals surface area contributed by atoms with E-state index in [2.05, 4.69) is 51.1 Å². The molecule has 2 heteroatoms. The minimum atomic E-state index is -0.187. The number of para-hydroxylation sites is 1. The van der Waals surface area contributed by atoms with E-state index < -0.39 is 0 Å². The molecule has 3 rings (SSSR count). The summed E-state index contributed by atoms with van der Waals surface area (Å²) in [6, 6.07) is 16.5. The highest BCUT2D eigenvalue weighted by atomic mass is 14.8. The largest absolute Gasteiger partial charge is 0.319 e. The van der Waals surface area contributed by atoms with E-state index in [0.29, 0.717) is 0 Å². The molecule has 2 N–H and O–H groups in total. The van der Waals surface area contributed by atoms with Gasteiger partial charge < -0.3 is 5.73 Å². The fourth-order valence-corrected chi connectivity index (χ4v) is 2.66. The second kappa shape index (κ2) is 5.30. The van der Waals surface area contributed by atoms with Gasteiger partial charge in [0.1, 0.15) is 0 Å². The van der Waals surface area contributed by atoms with Crippen LogP contribution in [0.2, 0.25) is 0 Å². The van der Waals surface area contributed by atoms with Crippen LogP contribution < -0.4 is 5.73 Å².